The number of benzene rings is 2. The second-order valence-corrected chi connectivity index (χ2v) is 4.95. The third kappa shape index (κ3) is 3.89. The number of alkyl halides is 3. The molecule has 24 heavy (non-hydrogen) atoms. The van der Waals surface area contributed by atoms with Gasteiger partial charge in [-0.3, -0.25) is 14.9 Å². The molecular formula is C16H12F3NO4. The first-order valence-electron chi connectivity index (χ1n) is 6.77. The standard InChI is InChI=1S/C16H12F3NO4/c1-10(21)15-13(16(17,18)19)7-12(8-14(15)20(22)23)24-9-11-5-3-2-4-6-11/h2-8H,9H2,1H3. The van der Waals surface area contributed by atoms with E-state index in [9.17, 15) is 28.1 Å². The molecule has 0 bridgehead atoms. The van der Waals surface area contributed by atoms with Gasteiger partial charge in [0.1, 0.15) is 17.9 Å². The minimum atomic E-state index is -4.92. The Labute approximate surface area is 134 Å². The smallest absolute Gasteiger partial charge is 0.417 e. The summed E-state index contributed by atoms with van der Waals surface area (Å²) in [6.07, 6.45) is -4.92. The summed E-state index contributed by atoms with van der Waals surface area (Å²) in [5.41, 5.74) is -2.60. The van der Waals surface area contributed by atoms with Crippen LogP contribution in [0.1, 0.15) is 28.4 Å². The van der Waals surface area contributed by atoms with Crippen molar-refractivity contribution in [3.63, 3.8) is 0 Å². The number of carbonyl (C=O) groups excluding carboxylic acids is 1. The number of Topliss-reactive ketones (excluding diaryl/α,β-unsaturated/α-hetero) is 1. The topological polar surface area (TPSA) is 69.4 Å². The number of nitro benzene ring substituents is 1. The van der Waals surface area contributed by atoms with E-state index < -0.39 is 33.7 Å². The highest BCUT2D eigenvalue weighted by molar-refractivity contribution is 6.00. The lowest BCUT2D eigenvalue weighted by molar-refractivity contribution is -0.385. The van der Waals surface area contributed by atoms with Crippen LogP contribution < -0.4 is 4.74 Å². The third-order valence-corrected chi connectivity index (χ3v) is 3.19. The predicted octanol–water partition coefficient (Wildman–Crippen LogP) is 4.40. The Morgan fingerprint density at radius 2 is 1.83 bits per heavy atom. The lowest BCUT2D eigenvalue weighted by Gasteiger charge is -2.14. The molecule has 0 aliphatic carbocycles. The maximum Gasteiger partial charge on any atom is 0.417 e. The number of hydrogen-bond acceptors (Lipinski definition) is 4. The number of nitrogens with zero attached hydrogens (tertiary/aromatic N) is 1. The molecule has 0 aromatic heterocycles. The molecule has 0 fully saturated rings. The Hall–Kier alpha value is -2.90. The van der Waals surface area contributed by atoms with Gasteiger partial charge in [-0.25, -0.2) is 0 Å². The maximum atomic E-state index is 13.2. The second-order valence-electron chi connectivity index (χ2n) is 4.95. The quantitative estimate of drug-likeness (QED) is 0.460. The van der Waals surface area contributed by atoms with Gasteiger partial charge in [0.2, 0.25) is 0 Å². The fourth-order valence-electron chi connectivity index (χ4n) is 2.16. The molecule has 0 aliphatic rings. The van der Waals surface area contributed by atoms with Crippen molar-refractivity contribution >= 4 is 11.5 Å². The fraction of sp³-hybridized carbons (Fsp3) is 0.188. The molecule has 126 valence electrons. The molecule has 0 saturated carbocycles. The number of halogens is 3. The summed E-state index contributed by atoms with van der Waals surface area (Å²) in [6, 6.07) is 10.0. The lowest BCUT2D eigenvalue weighted by atomic mass is 10.0. The Kier molecular flexibility index (Phi) is 4.87. The normalized spacial score (nSPS) is 11.2. The summed E-state index contributed by atoms with van der Waals surface area (Å²) < 4.78 is 44.7. The van der Waals surface area contributed by atoms with Gasteiger partial charge >= 0.3 is 6.18 Å². The van der Waals surface area contributed by atoms with Crippen molar-refractivity contribution in [3.05, 3.63) is 69.3 Å². The van der Waals surface area contributed by atoms with Crippen LogP contribution in [0.25, 0.3) is 0 Å². The van der Waals surface area contributed by atoms with E-state index in [0.29, 0.717) is 11.6 Å². The summed E-state index contributed by atoms with van der Waals surface area (Å²) in [7, 11) is 0. The summed E-state index contributed by atoms with van der Waals surface area (Å²) in [4.78, 5) is 21.5. The number of rotatable bonds is 5. The van der Waals surface area contributed by atoms with Gasteiger partial charge < -0.3 is 4.74 Å². The molecule has 0 heterocycles. The van der Waals surface area contributed by atoms with E-state index >= 15 is 0 Å². The first-order valence-corrected chi connectivity index (χ1v) is 6.77. The number of ketones is 1. The monoisotopic (exact) mass is 339 g/mol. The lowest BCUT2D eigenvalue weighted by Crippen LogP contribution is -2.14. The maximum absolute atomic E-state index is 13.2. The molecule has 5 nitrogen and oxygen atoms in total. The van der Waals surface area contributed by atoms with Crippen LogP contribution in [0.5, 0.6) is 5.75 Å². The van der Waals surface area contributed by atoms with Gasteiger partial charge in [-0.15, -0.1) is 0 Å². The van der Waals surface area contributed by atoms with Gasteiger partial charge in [0.25, 0.3) is 5.69 Å². The van der Waals surface area contributed by atoms with Gasteiger partial charge in [0, 0.05) is 0 Å². The molecule has 0 atom stereocenters. The molecule has 2 aromatic carbocycles. The van der Waals surface area contributed by atoms with Crippen molar-refractivity contribution in [2.24, 2.45) is 0 Å². The number of ether oxygens (including phenoxy) is 1. The van der Waals surface area contributed by atoms with E-state index in [2.05, 4.69) is 0 Å². The molecule has 0 unspecified atom stereocenters. The Balaban J connectivity index is 2.48. The largest absolute Gasteiger partial charge is 0.489 e. The van der Waals surface area contributed by atoms with Crippen LogP contribution in [-0.2, 0) is 12.8 Å². The minimum absolute atomic E-state index is 0.0608. The zero-order valence-corrected chi connectivity index (χ0v) is 12.5. The highest BCUT2D eigenvalue weighted by atomic mass is 19.4. The molecule has 0 N–H and O–H groups in total. The first kappa shape index (κ1) is 17.5. The fourth-order valence-corrected chi connectivity index (χ4v) is 2.16. The van der Waals surface area contributed by atoms with E-state index in [0.717, 1.165) is 13.0 Å². The molecule has 0 saturated heterocycles. The van der Waals surface area contributed by atoms with Crippen LogP contribution in [0, 0.1) is 10.1 Å². The molecule has 8 heteroatoms. The minimum Gasteiger partial charge on any atom is -0.489 e. The summed E-state index contributed by atoms with van der Waals surface area (Å²) >= 11 is 0. The zero-order valence-electron chi connectivity index (χ0n) is 12.5. The van der Waals surface area contributed by atoms with Crippen molar-refractivity contribution < 1.29 is 27.6 Å². The Bertz CT molecular complexity index is 773. The van der Waals surface area contributed by atoms with Gasteiger partial charge in [0.15, 0.2) is 5.78 Å². The molecule has 2 aromatic rings. The molecular weight excluding hydrogens is 327 g/mol. The average molecular weight is 339 g/mol. The highest BCUT2D eigenvalue weighted by Crippen LogP contribution is 2.39. The van der Waals surface area contributed by atoms with Crippen LogP contribution in [0.15, 0.2) is 42.5 Å². The zero-order chi connectivity index (χ0) is 17.9. The molecule has 0 radical (unpaired) electrons. The highest BCUT2D eigenvalue weighted by Gasteiger charge is 2.39. The summed E-state index contributed by atoms with van der Waals surface area (Å²) in [6.45, 7) is 0.788. The molecule has 0 spiro atoms. The summed E-state index contributed by atoms with van der Waals surface area (Å²) in [5.74, 6) is -1.37. The van der Waals surface area contributed by atoms with Crippen molar-refractivity contribution in [3.8, 4) is 5.75 Å². The number of carbonyl (C=O) groups is 1. The van der Waals surface area contributed by atoms with E-state index in [1.807, 2.05) is 0 Å². The van der Waals surface area contributed by atoms with E-state index in [1.165, 1.54) is 0 Å². The van der Waals surface area contributed by atoms with Gasteiger partial charge in [-0.2, -0.15) is 13.2 Å². The van der Waals surface area contributed by atoms with Gasteiger partial charge in [0.05, 0.1) is 16.6 Å². The van der Waals surface area contributed by atoms with Crippen LogP contribution >= 0.6 is 0 Å². The van der Waals surface area contributed by atoms with Crippen LogP contribution in [0.3, 0.4) is 0 Å². The van der Waals surface area contributed by atoms with Gasteiger partial charge in [-0.05, 0) is 18.6 Å². The third-order valence-electron chi connectivity index (χ3n) is 3.19. The number of hydrogen-bond donors (Lipinski definition) is 0. The number of nitro groups is 1. The molecule has 0 aliphatic heterocycles. The van der Waals surface area contributed by atoms with Crippen molar-refractivity contribution in [2.75, 3.05) is 0 Å². The van der Waals surface area contributed by atoms with Crippen molar-refractivity contribution in [2.45, 2.75) is 19.7 Å². The Morgan fingerprint density at radius 3 is 2.33 bits per heavy atom. The van der Waals surface area contributed by atoms with E-state index in [1.54, 1.807) is 30.3 Å². The van der Waals surface area contributed by atoms with Crippen molar-refractivity contribution in [1.29, 1.82) is 0 Å². The van der Waals surface area contributed by atoms with Crippen LogP contribution in [0.4, 0.5) is 18.9 Å². The Morgan fingerprint density at radius 1 is 1.21 bits per heavy atom. The second kappa shape index (κ2) is 6.69. The molecule has 0 amide bonds. The van der Waals surface area contributed by atoms with Crippen molar-refractivity contribution in [1.82, 2.24) is 0 Å². The molecule has 2 rings (SSSR count). The van der Waals surface area contributed by atoms with E-state index in [4.69, 9.17) is 4.74 Å². The summed E-state index contributed by atoms with van der Waals surface area (Å²) in [5, 5.41) is 11.1. The van der Waals surface area contributed by atoms with Crippen LogP contribution in [-0.4, -0.2) is 10.7 Å². The SMILES string of the molecule is CC(=O)c1c([N+](=O)[O-])cc(OCc2ccccc2)cc1C(F)(F)F. The van der Waals surface area contributed by atoms with Crippen LogP contribution in [0.2, 0.25) is 0 Å². The average Bonchev–Trinajstić information content (AvgIpc) is 2.51. The first-order chi connectivity index (χ1) is 11.2. The van der Waals surface area contributed by atoms with Gasteiger partial charge in [-0.1, -0.05) is 30.3 Å². The van der Waals surface area contributed by atoms with E-state index in [-0.39, 0.29) is 12.4 Å². The predicted molar refractivity (Wildman–Crippen MR) is 78.9 cm³/mol.